The van der Waals surface area contributed by atoms with Crippen LogP contribution in [0.5, 0.6) is 5.75 Å². The van der Waals surface area contributed by atoms with Gasteiger partial charge in [-0.2, -0.15) is 0 Å². The first-order chi connectivity index (χ1) is 8.97. The first-order valence-electron chi connectivity index (χ1n) is 5.94. The number of aryl methyl sites for hydroxylation is 1. The highest BCUT2D eigenvalue weighted by Crippen LogP contribution is 2.18. The molecular weight excluding hydrogens is 260 g/mol. The molecule has 0 amide bonds. The summed E-state index contributed by atoms with van der Waals surface area (Å²) in [6, 6.07) is 14.5. The van der Waals surface area contributed by atoms with E-state index in [9.17, 15) is 8.42 Å². The standard InChI is InChI=1S/C15H16O3S/c1-12-5-3-4-6-13(12)11-18-14-7-9-15(10-8-14)19(2,16)17/h3-10H,11H2,1-2H3. The summed E-state index contributed by atoms with van der Waals surface area (Å²) in [6.07, 6.45) is 1.19. The molecule has 0 radical (unpaired) electrons. The van der Waals surface area contributed by atoms with Crippen LogP contribution >= 0.6 is 0 Å². The van der Waals surface area contributed by atoms with Crippen molar-refractivity contribution in [2.24, 2.45) is 0 Å². The van der Waals surface area contributed by atoms with Gasteiger partial charge >= 0.3 is 0 Å². The Morgan fingerprint density at radius 3 is 2.21 bits per heavy atom. The van der Waals surface area contributed by atoms with Crippen molar-refractivity contribution in [3.05, 3.63) is 59.7 Å². The topological polar surface area (TPSA) is 43.4 Å². The van der Waals surface area contributed by atoms with E-state index in [1.54, 1.807) is 24.3 Å². The molecule has 0 saturated heterocycles. The zero-order chi connectivity index (χ0) is 13.9. The zero-order valence-electron chi connectivity index (χ0n) is 11.0. The summed E-state index contributed by atoms with van der Waals surface area (Å²) >= 11 is 0. The second-order valence-electron chi connectivity index (χ2n) is 4.46. The Kier molecular flexibility index (Phi) is 3.90. The molecule has 19 heavy (non-hydrogen) atoms. The molecule has 0 aliphatic heterocycles. The Balaban J connectivity index is 2.07. The van der Waals surface area contributed by atoms with Crippen LogP contribution in [-0.2, 0) is 16.4 Å². The minimum absolute atomic E-state index is 0.302. The summed E-state index contributed by atoms with van der Waals surface area (Å²) in [6.45, 7) is 2.51. The molecule has 0 aliphatic rings. The SMILES string of the molecule is Cc1ccccc1COc1ccc(S(C)(=O)=O)cc1. The third-order valence-corrected chi connectivity index (χ3v) is 4.04. The number of sulfone groups is 1. The van der Waals surface area contributed by atoms with E-state index in [4.69, 9.17) is 4.74 Å². The quantitative estimate of drug-likeness (QED) is 0.862. The number of ether oxygens (including phenoxy) is 1. The van der Waals surface area contributed by atoms with Crippen LogP contribution in [0.4, 0.5) is 0 Å². The molecule has 0 bridgehead atoms. The predicted octanol–water partition coefficient (Wildman–Crippen LogP) is 2.98. The van der Waals surface area contributed by atoms with E-state index >= 15 is 0 Å². The van der Waals surface area contributed by atoms with Crippen molar-refractivity contribution in [1.29, 1.82) is 0 Å². The first kappa shape index (κ1) is 13.6. The lowest BCUT2D eigenvalue weighted by atomic mass is 10.1. The smallest absolute Gasteiger partial charge is 0.175 e. The van der Waals surface area contributed by atoms with Crippen molar-refractivity contribution >= 4 is 9.84 Å². The van der Waals surface area contributed by atoms with Gasteiger partial charge in [-0.15, -0.1) is 0 Å². The monoisotopic (exact) mass is 276 g/mol. The number of hydrogen-bond acceptors (Lipinski definition) is 3. The third-order valence-electron chi connectivity index (χ3n) is 2.91. The summed E-state index contributed by atoms with van der Waals surface area (Å²) in [4.78, 5) is 0.302. The summed E-state index contributed by atoms with van der Waals surface area (Å²) in [5, 5.41) is 0. The van der Waals surface area contributed by atoms with Gasteiger partial charge in [-0.3, -0.25) is 0 Å². The van der Waals surface area contributed by atoms with E-state index in [0.29, 0.717) is 17.3 Å². The van der Waals surface area contributed by atoms with Crippen LogP contribution in [0.1, 0.15) is 11.1 Å². The highest BCUT2D eigenvalue weighted by molar-refractivity contribution is 7.90. The third kappa shape index (κ3) is 3.58. The second-order valence-corrected chi connectivity index (χ2v) is 6.47. The fourth-order valence-electron chi connectivity index (χ4n) is 1.72. The molecule has 0 fully saturated rings. The Bertz CT molecular complexity index is 658. The van der Waals surface area contributed by atoms with Gasteiger partial charge in [-0.25, -0.2) is 8.42 Å². The highest BCUT2D eigenvalue weighted by atomic mass is 32.2. The average Bonchev–Trinajstić information content (AvgIpc) is 2.37. The molecule has 0 spiro atoms. The predicted molar refractivity (Wildman–Crippen MR) is 75.1 cm³/mol. The molecule has 2 aromatic carbocycles. The van der Waals surface area contributed by atoms with Crippen LogP contribution in [0, 0.1) is 6.92 Å². The molecule has 2 aromatic rings. The van der Waals surface area contributed by atoms with Gasteiger partial charge in [-0.05, 0) is 42.3 Å². The van der Waals surface area contributed by atoms with Crippen LogP contribution in [0.3, 0.4) is 0 Å². The molecule has 0 N–H and O–H groups in total. The Hall–Kier alpha value is -1.81. The normalized spacial score (nSPS) is 11.3. The molecule has 0 saturated carbocycles. The highest BCUT2D eigenvalue weighted by Gasteiger charge is 2.06. The molecule has 0 heterocycles. The van der Waals surface area contributed by atoms with Gasteiger partial charge in [0, 0.05) is 6.26 Å². The fraction of sp³-hybridized carbons (Fsp3) is 0.200. The molecule has 3 nitrogen and oxygen atoms in total. The molecule has 100 valence electrons. The minimum atomic E-state index is -3.15. The number of rotatable bonds is 4. The van der Waals surface area contributed by atoms with E-state index in [1.165, 1.54) is 11.8 Å². The van der Waals surface area contributed by atoms with Gasteiger partial charge in [0.1, 0.15) is 12.4 Å². The van der Waals surface area contributed by atoms with Crippen LogP contribution in [-0.4, -0.2) is 14.7 Å². The first-order valence-corrected chi connectivity index (χ1v) is 7.83. The number of benzene rings is 2. The lowest BCUT2D eigenvalue weighted by Gasteiger charge is -2.09. The van der Waals surface area contributed by atoms with Crippen LogP contribution in [0.2, 0.25) is 0 Å². The van der Waals surface area contributed by atoms with E-state index in [0.717, 1.165) is 5.56 Å². The van der Waals surface area contributed by atoms with E-state index < -0.39 is 9.84 Å². The maximum absolute atomic E-state index is 11.3. The van der Waals surface area contributed by atoms with Gasteiger partial charge in [0.15, 0.2) is 9.84 Å². The Labute approximate surface area is 113 Å². The minimum Gasteiger partial charge on any atom is -0.489 e. The van der Waals surface area contributed by atoms with E-state index in [1.807, 2.05) is 31.2 Å². The Morgan fingerprint density at radius 2 is 1.63 bits per heavy atom. The molecule has 2 rings (SSSR count). The van der Waals surface area contributed by atoms with Crippen molar-refractivity contribution in [3.8, 4) is 5.75 Å². The van der Waals surface area contributed by atoms with Crippen LogP contribution < -0.4 is 4.74 Å². The zero-order valence-corrected chi connectivity index (χ0v) is 11.8. The van der Waals surface area contributed by atoms with Crippen molar-refractivity contribution in [2.75, 3.05) is 6.26 Å². The maximum atomic E-state index is 11.3. The van der Waals surface area contributed by atoms with Gasteiger partial charge < -0.3 is 4.74 Å². The lowest BCUT2D eigenvalue weighted by Crippen LogP contribution is -1.99. The van der Waals surface area contributed by atoms with Crippen molar-refractivity contribution < 1.29 is 13.2 Å². The Morgan fingerprint density at radius 1 is 1.00 bits per heavy atom. The molecule has 0 aromatic heterocycles. The van der Waals surface area contributed by atoms with Gasteiger partial charge in [0.05, 0.1) is 4.90 Å². The molecule has 0 unspecified atom stereocenters. The van der Waals surface area contributed by atoms with Crippen molar-refractivity contribution in [3.63, 3.8) is 0 Å². The number of hydrogen-bond donors (Lipinski definition) is 0. The van der Waals surface area contributed by atoms with Gasteiger partial charge in [0.25, 0.3) is 0 Å². The van der Waals surface area contributed by atoms with Crippen molar-refractivity contribution in [2.45, 2.75) is 18.4 Å². The molecule has 0 atom stereocenters. The van der Waals surface area contributed by atoms with Crippen LogP contribution in [0.15, 0.2) is 53.4 Å². The van der Waals surface area contributed by atoms with Gasteiger partial charge in [-0.1, -0.05) is 24.3 Å². The van der Waals surface area contributed by atoms with Gasteiger partial charge in [0.2, 0.25) is 0 Å². The summed E-state index contributed by atoms with van der Waals surface area (Å²) in [5.74, 6) is 0.663. The van der Waals surface area contributed by atoms with Crippen LogP contribution in [0.25, 0.3) is 0 Å². The molecule has 4 heteroatoms. The summed E-state index contributed by atoms with van der Waals surface area (Å²) in [5.41, 5.74) is 2.30. The second kappa shape index (κ2) is 5.45. The largest absolute Gasteiger partial charge is 0.489 e. The summed E-state index contributed by atoms with van der Waals surface area (Å²) < 4.78 is 28.3. The van der Waals surface area contributed by atoms with Crippen molar-refractivity contribution in [1.82, 2.24) is 0 Å². The fourth-order valence-corrected chi connectivity index (χ4v) is 2.35. The summed E-state index contributed by atoms with van der Waals surface area (Å²) in [7, 11) is -3.15. The van der Waals surface area contributed by atoms with E-state index in [-0.39, 0.29) is 0 Å². The molecular formula is C15H16O3S. The maximum Gasteiger partial charge on any atom is 0.175 e. The average molecular weight is 276 g/mol. The lowest BCUT2D eigenvalue weighted by molar-refractivity contribution is 0.305. The molecule has 0 aliphatic carbocycles. The van der Waals surface area contributed by atoms with E-state index in [2.05, 4.69) is 0 Å².